The van der Waals surface area contributed by atoms with Crippen molar-refractivity contribution in [2.45, 2.75) is 24.4 Å². The number of likely N-dealkylation sites (tertiary alicyclic amines) is 1. The van der Waals surface area contributed by atoms with E-state index in [1.807, 2.05) is 0 Å². The van der Waals surface area contributed by atoms with Crippen molar-refractivity contribution in [1.82, 2.24) is 15.5 Å². The molecular formula is C15H23N3. The zero-order chi connectivity index (χ0) is 12.4. The van der Waals surface area contributed by atoms with Gasteiger partial charge >= 0.3 is 0 Å². The first-order valence-corrected chi connectivity index (χ1v) is 6.99. The molecule has 3 rings (SSSR count). The van der Waals surface area contributed by atoms with Gasteiger partial charge in [0.25, 0.3) is 0 Å². The van der Waals surface area contributed by atoms with Gasteiger partial charge in [-0.3, -0.25) is 0 Å². The van der Waals surface area contributed by atoms with Crippen LogP contribution in [-0.2, 0) is 0 Å². The molecule has 98 valence electrons. The van der Waals surface area contributed by atoms with Crippen LogP contribution in [0, 0.1) is 0 Å². The van der Waals surface area contributed by atoms with Crippen molar-refractivity contribution in [3.63, 3.8) is 0 Å². The molecule has 0 bridgehead atoms. The summed E-state index contributed by atoms with van der Waals surface area (Å²) in [5, 5.41) is 7.54. The summed E-state index contributed by atoms with van der Waals surface area (Å²) in [6.07, 6.45) is 2.58. The summed E-state index contributed by atoms with van der Waals surface area (Å²) in [6, 6.07) is 11.3. The molecule has 0 aromatic heterocycles. The third kappa shape index (κ3) is 2.44. The Morgan fingerprint density at radius 3 is 2.89 bits per heavy atom. The third-order valence-corrected chi connectivity index (χ3v) is 4.26. The van der Waals surface area contributed by atoms with E-state index in [-0.39, 0.29) is 5.54 Å². The molecule has 0 amide bonds. The first kappa shape index (κ1) is 12.2. The quantitative estimate of drug-likeness (QED) is 0.783. The Hall–Kier alpha value is -0.900. The van der Waals surface area contributed by atoms with Crippen LogP contribution in [0.2, 0.25) is 0 Å². The van der Waals surface area contributed by atoms with Crippen LogP contribution in [0.4, 0.5) is 0 Å². The summed E-state index contributed by atoms with van der Waals surface area (Å²) in [5.41, 5.74) is 1.67. The first-order chi connectivity index (χ1) is 8.77. The molecule has 2 aliphatic rings. The van der Waals surface area contributed by atoms with Gasteiger partial charge in [0.05, 0.1) is 0 Å². The summed E-state index contributed by atoms with van der Waals surface area (Å²) in [6.45, 7) is 4.53. The molecule has 18 heavy (non-hydrogen) atoms. The average molecular weight is 245 g/mol. The summed E-state index contributed by atoms with van der Waals surface area (Å²) < 4.78 is 0. The highest BCUT2D eigenvalue weighted by Crippen LogP contribution is 2.27. The SMILES string of the molecule is CN1CCCC2(CNCC(c3ccccc3)N2)C1. The van der Waals surface area contributed by atoms with Crippen molar-refractivity contribution >= 4 is 0 Å². The lowest BCUT2D eigenvalue weighted by molar-refractivity contribution is 0.109. The van der Waals surface area contributed by atoms with E-state index in [9.17, 15) is 0 Å². The van der Waals surface area contributed by atoms with E-state index in [4.69, 9.17) is 0 Å². The van der Waals surface area contributed by atoms with E-state index in [1.54, 1.807) is 0 Å². The molecule has 2 aliphatic heterocycles. The van der Waals surface area contributed by atoms with Gasteiger partial charge in [-0.15, -0.1) is 0 Å². The number of rotatable bonds is 1. The Bertz CT molecular complexity index is 388. The average Bonchev–Trinajstić information content (AvgIpc) is 2.39. The van der Waals surface area contributed by atoms with Gasteiger partial charge in [0.2, 0.25) is 0 Å². The molecule has 0 saturated carbocycles. The first-order valence-electron chi connectivity index (χ1n) is 6.99. The van der Waals surface area contributed by atoms with E-state index >= 15 is 0 Å². The lowest BCUT2D eigenvalue weighted by Gasteiger charge is -2.48. The number of piperazine rings is 1. The van der Waals surface area contributed by atoms with E-state index in [0.717, 1.165) is 19.6 Å². The zero-order valence-electron chi connectivity index (χ0n) is 11.2. The normalized spacial score (nSPS) is 33.7. The molecular weight excluding hydrogens is 222 g/mol. The zero-order valence-corrected chi connectivity index (χ0v) is 11.2. The second kappa shape index (κ2) is 5.00. The van der Waals surface area contributed by atoms with Crippen LogP contribution in [0.1, 0.15) is 24.4 Å². The largest absolute Gasteiger partial charge is 0.313 e. The fourth-order valence-electron chi connectivity index (χ4n) is 3.44. The Kier molecular flexibility index (Phi) is 3.37. The van der Waals surface area contributed by atoms with Gasteiger partial charge in [0, 0.05) is 31.2 Å². The molecule has 2 heterocycles. The fraction of sp³-hybridized carbons (Fsp3) is 0.600. The summed E-state index contributed by atoms with van der Waals surface area (Å²) >= 11 is 0. The van der Waals surface area contributed by atoms with E-state index in [2.05, 4.69) is 52.9 Å². The van der Waals surface area contributed by atoms with Crippen LogP contribution in [0.15, 0.2) is 30.3 Å². The second-order valence-corrected chi connectivity index (χ2v) is 5.86. The molecule has 2 atom stereocenters. The Morgan fingerprint density at radius 1 is 1.28 bits per heavy atom. The van der Waals surface area contributed by atoms with Gasteiger partial charge in [-0.05, 0) is 32.0 Å². The number of nitrogens with one attached hydrogen (secondary N) is 2. The number of hydrogen-bond acceptors (Lipinski definition) is 3. The van der Waals surface area contributed by atoms with Gasteiger partial charge in [0.15, 0.2) is 0 Å². The third-order valence-electron chi connectivity index (χ3n) is 4.26. The number of nitrogens with zero attached hydrogens (tertiary/aromatic N) is 1. The smallest absolute Gasteiger partial charge is 0.0451 e. The van der Waals surface area contributed by atoms with Crippen molar-refractivity contribution in [2.75, 3.05) is 33.2 Å². The van der Waals surface area contributed by atoms with Crippen LogP contribution < -0.4 is 10.6 Å². The molecule has 3 nitrogen and oxygen atoms in total. The van der Waals surface area contributed by atoms with E-state index < -0.39 is 0 Å². The van der Waals surface area contributed by atoms with Crippen molar-refractivity contribution in [2.24, 2.45) is 0 Å². The predicted octanol–water partition coefficient (Wildman–Crippen LogP) is 1.38. The number of benzene rings is 1. The molecule has 3 heteroatoms. The molecule has 2 saturated heterocycles. The van der Waals surface area contributed by atoms with E-state index in [1.165, 1.54) is 24.9 Å². The van der Waals surface area contributed by atoms with Gasteiger partial charge in [-0.1, -0.05) is 30.3 Å². The van der Waals surface area contributed by atoms with Crippen molar-refractivity contribution in [3.05, 3.63) is 35.9 Å². The van der Waals surface area contributed by atoms with E-state index in [0.29, 0.717) is 6.04 Å². The number of piperidine rings is 1. The van der Waals surface area contributed by atoms with Crippen LogP contribution in [0.5, 0.6) is 0 Å². The maximum atomic E-state index is 3.91. The van der Waals surface area contributed by atoms with Gasteiger partial charge in [-0.25, -0.2) is 0 Å². The van der Waals surface area contributed by atoms with Gasteiger partial charge < -0.3 is 15.5 Å². The molecule has 2 N–H and O–H groups in total. The second-order valence-electron chi connectivity index (χ2n) is 5.86. The Labute approximate surface area is 110 Å². The highest BCUT2D eigenvalue weighted by Gasteiger charge is 2.38. The maximum absolute atomic E-state index is 3.91. The summed E-state index contributed by atoms with van der Waals surface area (Å²) in [5.74, 6) is 0. The number of likely N-dealkylation sites (N-methyl/N-ethyl adjacent to an activating group) is 1. The molecule has 2 unspecified atom stereocenters. The van der Waals surface area contributed by atoms with Crippen LogP contribution in [-0.4, -0.2) is 43.7 Å². The van der Waals surface area contributed by atoms with Crippen LogP contribution in [0.25, 0.3) is 0 Å². The molecule has 1 aromatic carbocycles. The molecule has 0 aliphatic carbocycles. The fourth-order valence-corrected chi connectivity index (χ4v) is 3.44. The topological polar surface area (TPSA) is 27.3 Å². The van der Waals surface area contributed by atoms with Gasteiger partial charge in [-0.2, -0.15) is 0 Å². The minimum Gasteiger partial charge on any atom is -0.313 e. The minimum atomic E-state index is 0.270. The molecule has 2 fully saturated rings. The van der Waals surface area contributed by atoms with Crippen molar-refractivity contribution in [1.29, 1.82) is 0 Å². The predicted molar refractivity (Wildman–Crippen MR) is 74.7 cm³/mol. The lowest BCUT2D eigenvalue weighted by atomic mass is 9.85. The van der Waals surface area contributed by atoms with Gasteiger partial charge in [0.1, 0.15) is 0 Å². The highest BCUT2D eigenvalue weighted by atomic mass is 15.2. The highest BCUT2D eigenvalue weighted by molar-refractivity contribution is 5.21. The standard InChI is InChI=1S/C15H23N3/c1-18-9-5-8-15(12-18)11-16-10-14(17-15)13-6-3-2-4-7-13/h2-4,6-7,14,16-17H,5,8-12H2,1H3. The van der Waals surface area contributed by atoms with Crippen molar-refractivity contribution < 1.29 is 0 Å². The lowest BCUT2D eigenvalue weighted by Crippen LogP contribution is -2.66. The monoisotopic (exact) mass is 245 g/mol. The molecule has 1 aromatic rings. The maximum Gasteiger partial charge on any atom is 0.0451 e. The minimum absolute atomic E-state index is 0.270. The number of hydrogen-bond donors (Lipinski definition) is 2. The van der Waals surface area contributed by atoms with Crippen LogP contribution in [0.3, 0.4) is 0 Å². The summed E-state index contributed by atoms with van der Waals surface area (Å²) in [7, 11) is 2.23. The molecule has 1 spiro atoms. The van der Waals surface area contributed by atoms with Crippen LogP contribution >= 0.6 is 0 Å². The Balaban J connectivity index is 1.75. The summed E-state index contributed by atoms with van der Waals surface area (Å²) in [4.78, 5) is 2.45. The van der Waals surface area contributed by atoms with Crippen molar-refractivity contribution in [3.8, 4) is 0 Å². The molecule has 0 radical (unpaired) electrons. The Morgan fingerprint density at radius 2 is 2.11 bits per heavy atom.